The summed E-state index contributed by atoms with van der Waals surface area (Å²) in [5.74, 6) is 0. The van der Waals surface area contributed by atoms with Crippen LogP contribution in [-0.2, 0) is 10.0 Å². The molecule has 0 radical (unpaired) electrons. The molecule has 0 aliphatic rings. The number of rotatable bonds is 3. The molecular formula is C17H14INO2S. The number of benzene rings is 2. The van der Waals surface area contributed by atoms with Crippen molar-refractivity contribution in [3.63, 3.8) is 0 Å². The molecule has 0 bridgehead atoms. The Hall–Kier alpha value is -1.60. The number of nitrogens with zero attached hydrogens (tertiary/aromatic N) is 1. The summed E-state index contributed by atoms with van der Waals surface area (Å²) in [6, 6.07) is 18.3. The molecule has 5 heteroatoms. The number of hydrogen-bond acceptors (Lipinski definition) is 2. The molecule has 0 saturated heterocycles. The minimum Gasteiger partial charge on any atom is -0.240 e. The van der Waals surface area contributed by atoms with Gasteiger partial charge in [-0.2, -0.15) is 0 Å². The molecule has 0 fully saturated rings. The molecule has 2 aromatic carbocycles. The van der Waals surface area contributed by atoms with Gasteiger partial charge < -0.3 is 0 Å². The molecule has 0 saturated carbocycles. The summed E-state index contributed by atoms with van der Waals surface area (Å²) in [6.07, 6.45) is 1.61. The second-order valence-electron chi connectivity index (χ2n) is 4.99. The summed E-state index contributed by atoms with van der Waals surface area (Å²) < 4.78 is 28.1. The molecule has 0 unspecified atom stereocenters. The summed E-state index contributed by atoms with van der Waals surface area (Å²) in [7, 11) is -3.60. The van der Waals surface area contributed by atoms with E-state index in [0.717, 1.165) is 14.7 Å². The fourth-order valence-electron chi connectivity index (χ4n) is 2.28. The summed E-state index contributed by atoms with van der Waals surface area (Å²) in [5, 5.41) is 0. The number of hydrogen-bond donors (Lipinski definition) is 0. The fourth-order valence-corrected chi connectivity index (χ4v) is 4.55. The second kappa shape index (κ2) is 5.89. The summed E-state index contributed by atoms with van der Waals surface area (Å²) in [5.41, 5.74) is 2.61. The molecule has 0 aliphatic carbocycles. The average Bonchev–Trinajstić information content (AvgIpc) is 2.91. The van der Waals surface area contributed by atoms with E-state index in [1.54, 1.807) is 18.3 Å². The van der Waals surface area contributed by atoms with E-state index >= 15 is 0 Å². The highest BCUT2D eigenvalue weighted by molar-refractivity contribution is 14.1. The topological polar surface area (TPSA) is 39.1 Å². The minimum atomic E-state index is -3.60. The molecule has 22 heavy (non-hydrogen) atoms. The third-order valence-electron chi connectivity index (χ3n) is 3.43. The SMILES string of the molecule is Cc1ccc(S(=O)(=O)n2ccc(I)c2-c2ccccc2)cc1. The van der Waals surface area contributed by atoms with Gasteiger partial charge >= 0.3 is 0 Å². The Morgan fingerprint density at radius 3 is 2.18 bits per heavy atom. The van der Waals surface area contributed by atoms with Crippen molar-refractivity contribution in [2.75, 3.05) is 0 Å². The van der Waals surface area contributed by atoms with Gasteiger partial charge in [0.25, 0.3) is 10.0 Å². The zero-order chi connectivity index (χ0) is 15.7. The van der Waals surface area contributed by atoms with Crippen molar-refractivity contribution in [3.8, 4) is 11.3 Å². The van der Waals surface area contributed by atoms with Gasteiger partial charge in [-0.25, -0.2) is 12.4 Å². The smallest absolute Gasteiger partial charge is 0.240 e. The van der Waals surface area contributed by atoms with E-state index in [4.69, 9.17) is 0 Å². The van der Waals surface area contributed by atoms with E-state index in [0.29, 0.717) is 10.6 Å². The predicted octanol–water partition coefficient (Wildman–Crippen LogP) is 4.31. The van der Waals surface area contributed by atoms with Crippen molar-refractivity contribution >= 4 is 32.6 Å². The normalized spacial score (nSPS) is 11.5. The van der Waals surface area contributed by atoms with Crippen LogP contribution in [-0.4, -0.2) is 12.4 Å². The molecule has 3 rings (SSSR count). The first-order chi connectivity index (χ1) is 10.5. The van der Waals surface area contributed by atoms with Gasteiger partial charge in [0, 0.05) is 15.3 Å². The first-order valence-electron chi connectivity index (χ1n) is 6.74. The van der Waals surface area contributed by atoms with E-state index in [-0.39, 0.29) is 0 Å². The molecule has 0 N–H and O–H groups in total. The van der Waals surface area contributed by atoms with Gasteiger partial charge in [0.1, 0.15) is 0 Å². The van der Waals surface area contributed by atoms with Crippen molar-refractivity contribution in [3.05, 3.63) is 76.0 Å². The summed E-state index contributed by atoms with van der Waals surface area (Å²) >= 11 is 2.16. The highest BCUT2D eigenvalue weighted by atomic mass is 127. The largest absolute Gasteiger partial charge is 0.268 e. The molecule has 3 nitrogen and oxygen atoms in total. The maximum atomic E-state index is 12.9. The molecular weight excluding hydrogens is 409 g/mol. The van der Waals surface area contributed by atoms with E-state index in [1.165, 1.54) is 3.97 Å². The van der Waals surface area contributed by atoms with Gasteiger partial charge in [-0.15, -0.1) is 0 Å². The van der Waals surface area contributed by atoms with Gasteiger partial charge in [0.15, 0.2) is 0 Å². The molecule has 0 amide bonds. The molecule has 0 spiro atoms. The Labute approximate surface area is 143 Å². The Balaban J connectivity index is 2.19. The van der Waals surface area contributed by atoms with Crippen LogP contribution in [0.25, 0.3) is 11.3 Å². The Bertz CT molecular complexity index is 898. The van der Waals surface area contributed by atoms with Crippen molar-refractivity contribution in [2.24, 2.45) is 0 Å². The monoisotopic (exact) mass is 423 g/mol. The van der Waals surface area contributed by atoms with Gasteiger partial charge in [0.2, 0.25) is 0 Å². The predicted molar refractivity (Wildman–Crippen MR) is 96.3 cm³/mol. The lowest BCUT2D eigenvalue weighted by Gasteiger charge is -2.11. The number of halogens is 1. The van der Waals surface area contributed by atoms with Crippen LogP contribution in [0.3, 0.4) is 0 Å². The molecule has 0 aliphatic heterocycles. The minimum absolute atomic E-state index is 0.294. The van der Waals surface area contributed by atoms with Crippen LogP contribution < -0.4 is 0 Å². The standard InChI is InChI=1S/C17H14INO2S/c1-13-7-9-15(10-8-13)22(20,21)19-12-11-16(18)17(19)14-5-3-2-4-6-14/h2-12H,1H3. The third-order valence-corrected chi connectivity index (χ3v) is 5.99. The molecule has 112 valence electrons. The van der Waals surface area contributed by atoms with Gasteiger partial charge in [-0.3, -0.25) is 0 Å². The van der Waals surface area contributed by atoms with Gasteiger partial charge in [-0.1, -0.05) is 48.0 Å². The van der Waals surface area contributed by atoms with Crippen molar-refractivity contribution in [1.29, 1.82) is 0 Å². The van der Waals surface area contributed by atoms with Crippen LogP contribution in [0, 0.1) is 10.5 Å². The van der Waals surface area contributed by atoms with Crippen LogP contribution in [0.1, 0.15) is 5.56 Å². The number of aromatic nitrogens is 1. The lowest BCUT2D eigenvalue weighted by molar-refractivity contribution is 0.588. The van der Waals surface area contributed by atoms with Crippen LogP contribution in [0.2, 0.25) is 0 Å². The quantitative estimate of drug-likeness (QED) is 0.590. The van der Waals surface area contributed by atoms with Crippen LogP contribution >= 0.6 is 22.6 Å². The average molecular weight is 423 g/mol. The van der Waals surface area contributed by atoms with E-state index in [9.17, 15) is 8.42 Å². The van der Waals surface area contributed by atoms with E-state index in [1.807, 2.05) is 55.5 Å². The van der Waals surface area contributed by atoms with Crippen molar-refractivity contribution < 1.29 is 8.42 Å². The summed E-state index contributed by atoms with van der Waals surface area (Å²) in [6.45, 7) is 1.93. The molecule has 1 heterocycles. The van der Waals surface area contributed by atoms with Crippen LogP contribution in [0.5, 0.6) is 0 Å². The fraction of sp³-hybridized carbons (Fsp3) is 0.0588. The number of aryl methyl sites for hydroxylation is 1. The van der Waals surface area contributed by atoms with Crippen molar-refractivity contribution in [2.45, 2.75) is 11.8 Å². The highest BCUT2D eigenvalue weighted by Crippen LogP contribution is 2.29. The molecule has 3 aromatic rings. The van der Waals surface area contributed by atoms with Gasteiger partial charge in [0.05, 0.1) is 10.6 Å². The summed E-state index contributed by atoms with van der Waals surface area (Å²) in [4.78, 5) is 0.294. The zero-order valence-electron chi connectivity index (χ0n) is 11.9. The lowest BCUT2D eigenvalue weighted by atomic mass is 10.2. The van der Waals surface area contributed by atoms with Crippen LogP contribution in [0.15, 0.2) is 71.8 Å². The Kier molecular flexibility index (Phi) is 4.10. The first-order valence-corrected chi connectivity index (χ1v) is 9.26. The third kappa shape index (κ3) is 2.70. The molecule has 1 aromatic heterocycles. The zero-order valence-corrected chi connectivity index (χ0v) is 14.9. The molecule has 0 atom stereocenters. The van der Waals surface area contributed by atoms with Crippen LogP contribution in [0.4, 0.5) is 0 Å². The van der Waals surface area contributed by atoms with Gasteiger partial charge in [-0.05, 0) is 47.7 Å². The first kappa shape index (κ1) is 15.3. The van der Waals surface area contributed by atoms with Crippen molar-refractivity contribution in [1.82, 2.24) is 3.97 Å². The van der Waals surface area contributed by atoms with E-state index in [2.05, 4.69) is 22.6 Å². The maximum absolute atomic E-state index is 12.9. The van der Waals surface area contributed by atoms with E-state index < -0.39 is 10.0 Å². The Morgan fingerprint density at radius 1 is 0.909 bits per heavy atom. The second-order valence-corrected chi connectivity index (χ2v) is 7.97. The highest BCUT2D eigenvalue weighted by Gasteiger charge is 2.22. The Morgan fingerprint density at radius 2 is 1.55 bits per heavy atom. The lowest BCUT2D eigenvalue weighted by Crippen LogP contribution is -2.13. The maximum Gasteiger partial charge on any atom is 0.268 e.